The summed E-state index contributed by atoms with van der Waals surface area (Å²) in [7, 11) is 0. The van der Waals surface area contributed by atoms with Gasteiger partial charge in [-0.3, -0.25) is 4.79 Å². The minimum Gasteiger partial charge on any atom is -0.490 e. The molecule has 2 aromatic carbocycles. The second-order valence-corrected chi connectivity index (χ2v) is 6.33. The summed E-state index contributed by atoms with van der Waals surface area (Å²) in [5.74, 6) is 0.103. The molecule has 0 saturated heterocycles. The summed E-state index contributed by atoms with van der Waals surface area (Å²) >= 11 is 5.83. The number of alkyl halides is 2. The Morgan fingerprint density at radius 1 is 1.13 bits per heavy atom. The van der Waals surface area contributed by atoms with Crippen LogP contribution in [0.25, 0.3) is 0 Å². The summed E-state index contributed by atoms with van der Waals surface area (Å²) in [4.78, 5) is 12.4. The van der Waals surface area contributed by atoms with Gasteiger partial charge in [-0.2, -0.15) is 13.9 Å². The lowest BCUT2D eigenvalue weighted by Crippen LogP contribution is -2.14. The van der Waals surface area contributed by atoms with Crippen molar-refractivity contribution in [3.05, 3.63) is 65.4 Å². The van der Waals surface area contributed by atoms with Crippen molar-refractivity contribution in [2.75, 3.05) is 11.9 Å². The van der Waals surface area contributed by atoms with Gasteiger partial charge in [-0.1, -0.05) is 11.6 Å². The van der Waals surface area contributed by atoms with E-state index in [4.69, 9.17) is 21.1 Å². The SMILES string of the molecule is CCOc1cc(NC(=O)c2ccn(COc3ccc(Cl)cc3)n2)ccc1OC(F)F. The van der Waals surface area contributed by atoms with E-state index in [2.05, 4.69) is 15.2 Å². The summed E-state index contributed by atoms with van der Waals surface area (Å²) in [5.41, 5.74) is 0.498. The maximum atomic E-state index is 12.5. The first-order valence-electron chi connectivity index (χ1n) is 8.89. The van der Waals surface area contributed by atoms with Crippen LogP contribution >= 0.6 is 11.6 Å². The third kappa shape index (κ3) is 5.84. The van der Waals surface area contributed by atoms with Crippen molar-refractivity contribution >= 4 is 23.2 Å². The van der Waals surface area contributed by atoms with Crippen LogP contribution < -0.4 is 19.5 Å². The van der Waals surface area contributed by atoms with Crippen LogP contribution in [-0.4, -0.2) is 28.9 Å². The first-order valence-corrected chi connectivity index (χ1v) is 9.27. The van der Waals surface area contributed by atoms with Crippen LogP contribution in [0.15, 0.2) is 54.7 Å². The third-order valence-corrected chi connectivity index (χ3v) is 4.02. The molecule has 3 rings (SSSR count). The molecule has 30 heavy (non-hydrogen) atoms. The highest BCUT2D eigenvalue weighted by atomic mass is 35.5. The fourth-order valence-electron chi connectivity index (χ4n) is 2.47. The Morgan fingerprint density at radius 3 is 2.60 bits per heavy atom. The van der Waals surface area contributed by atoms with E-state index in [1.807, 2.05) is 0 Å². The van der Waals surface area contributed by atoms with Crippen molar-refractivity contribution in [3.63, 3.8) is 0 Å². The van der Waals surface area contributed by atoms with Crippen molar-refractivity contribution in [3.8, 4) is 17.2 Å². The van der Waals surface area contributed by atoms with Crippen molar-refractivity contribution < 1.29 is 27.8 Å². The zero-order valence-electron chi connectivity index (χ0n) is 15.8. The minimum absolute atomic E-state index is 0.0949. The second kappa shape index (κ2) is 9.93. The number of rotatable bonds is 9. The number of anilines is 1. The molecular formula is C20H18ClF2N3O4. The van der Waals surface area contributed by atoms with E-state index in [1.165, 1.54) is 28.9 Å². The molecule has 0 aliphatic heterocycles. The van der Waals surface area contributed by atoms with Crippen LogP contribution in [-0.2, 0) is 6.73 Å². The number of amides is 1. The van der Waals surface area contributed by atoms with Gasteiger partial charge in [0.25, 0.3) is 5.91 Å². The number of halogens is 3. The monoisotopic (exact) mass is 437 g/mol. The van der Waals surface area contributed by atoms with Crippen molar-refractivity contribution in [2.45, 2.75) is 20.3 Å². The normalized spacial score (nSPS) is 10.7. The predicted molar refractivity (Wildman–Crippen MR) is 107 cm³/mol. The molecule has 0 fully saturated rings. The first kappa shape index (κ1) is 21.4. The van der Waals surface area contributed by atoms with Crippen LogP contribution in [0.1, 0.15) is 17.4 Å². The Hall–Kier alpha value is -3.33. The quantitative estimate of drug-likeness (QED) is 0.519. The lowest BCUT2D eigenvalue weighted by molar-refractivity contribution is -0.0514. The molecule has 0 radical (unpaired) electrons. The van der Waals surface area contributed by atoms with Gasteiger partial charge in [0.15, 0.2) is 23.9 Å². The van der Waals surface area contributed by atoms with Gasteiger partial charge in [0.1, 0.15) is 5.75 Å². The maximum absolute atomic E-state index is 12.5. The summed E-state index contributed by atoms with van der Waals surface area (Å²) < 4.78 is 41.7. The number of carbonyl (C=O) groups excluding carboxylic acids is 1. The van der Waals surface area contributed by atoms with Gasteiger partial charge in [-0.15, -0.1) is 0 Å². The highest BCUT2D eigenvalue weighted by Gasteiger charge is 2.14. The number of nitrogens with one attached hydrogen (secondary N) is 1. The molecular weight excluding hydrogens is 420 g/mol. The molecule has 1 heterocycles. The van der Waals surface area contributed by atoms with Crippen molar-refractivity contribution in [1.82, 2.24) is 9.78 Å². The van der Waals surface area contributed by atoms with Gasteiger partial charge in [-0.25, -0.2) is 4.68 Å². The molecule has 0 atom stereocenters. The Balaban J connectivity index is 1.63. The minimum atomic E-state index is -2.98. The third-order valence-electron chi connectivity index (χ3n) is 3.77. The zero-order valence-corrected chi connectivity index (χ0v) is 16.6. The van der Waals surface area contributed by atoms with Gasteiger partial charge in [-0.05, 0) is 49.4 Å². The van der Waals surface area contributed by atoms with E-state index < -0.39 is 12.5 Å². The van der Waals surface area contributed by atoms with E-state index >= 15 is 0 Å². The van der Waals surface area contributed by atoms with Gasteiger partial charge in [0, 0.05) is 23.0 Å². The van der Waals surface area contributed by atoms with E-state index in [-0.39, 0.29) is 30.5 Å². The highest BCUT2D eigenvalue weighted by molar-refractivity contribution is 6.30. The summed E-state index contributed by atoms with van der Waals surface area (Å²) in [6, 6.07) is 12.5. The van der Waals surface area contributed by atoms with Crippen LogP contribution in [0, 0.1) is 0 Å². The summed E-state index contributed by atoms with van der Waals surface area (Å²) in [5, 5.41) is 7.39. The highest BCUT2D eigenvalue weighted by Crippen LogP contribution is 2.32. The summed E-state index contributed by atoms with van der Waals surface area (Å²) in [6.45, 7) is -0.933. The molecule has 0 spiro atoms. The molecule has 10 heteroatoms. The predicted octanol–water partition coefficient (Wildman–Crippen LogP) is 4.83. The van der Waals surface area contributed by atoms with Crippen LogP contribution in [0.5, 0.6) is 17.2 Å². The molecule has 1 amide bonds. The van der Waals surface area contributed by atoms with Crippen LogP contribution in [0.4, 0.5) is 14.5 Å². The maximum Gasteiger partial charge on any atom is 0.387 e. The molecule has 0 aliphatic carbocycles. The molecule has 0 bridgehead atoms. The standard InChI is InChI=1S/C20H18ClF2N3O4/c1-2-28-18-11-14(5-8-17(18)30-20(22)23)24-19(27)16-9-10-26(25-16)12-29-15-6-3-13(21)4-7-15/h3-11,20H,2,12H2,1H3,(H,24,27). The summed E-state index contributed by atoms with van der Waals surface area (Å²) in [6.07, 6.45) is 1.59. The molecule has 0 unspecified atom stereocenters. The largest absolute Gasteiger partial charge is 0.490 e. The van der Waals surface area contributed by atoms with Crippen molar-refractivity contribution in [2.24, 2.45) is 0 Å². The van der Waals surface area contributed by atoms with E-state index in [1.54, 1.807) is 37.4 Å². The van der Waals surface area contributed by atoms with Gasteiger partial charge in [0.2, 0.25) is 0 Å². The fourth-order valence-corrected chi connectivity index (χ4v) is 2.59. The second-order valence-electron chi connectivity index (χ2n) is 5.89. The van der Waals surface area contributed by atoms with E-state index in [0.717, 1.165) is 0 Å². The fraction of sp³-hybridized carbons (Fsp3) is 0.200. The Bertz CT molecular complexity index is 996. The van der Waals surface area contributed by atoms with Gasteiger partial charge in [0.05, 0.1) is 6.61 Å². The lowest BCUT2D eigenvalue weighted by Gasteiger charge is -2.13. The molecule has 1 N–H and O–H groups in total. The molecule has 158 valence electrons. The Labute approximate surface area is 176 Å². The Morgan fingerprint density at radius 2 is 1.90 bits per heavy atom. The number of aromatic nitrogens is 2. The van der Waals surface area contributed by atoms with Crippen molar-refractivity contribution in [1.29, 1.82) is 0 Å². The molecule has 3 aromatic rings. The lowest BCUT2D eigenvalue weighted by atomic mass is 10.2. The van der Waals surface area contributed by atoms with Crippen LogP contribution in [0.3, 0.4) is 0 Å². The first-order chi connectivity index (χ1) is 14.4. The topological polar surface area (TPSA) is 74.6 Å². The average Bonchev–Trinajstić information content (AvgIpc) is 3.19. The number of hydrogen-bond donors (Lipinski definition) is 1. The number of benzene rings is 2. The smallest absolute Gasteiger partial charge is 0.387 e. The average molecular weight is 438 g/mol. The number of ether oxygens (including phenoxy) is 3. The Kier molecular flexibility index (Phi) is 7.08. The van der Waals surface area contributed by atoms with Crippen LogP contribution in [0.2, 0.25) is 5.02 Å². The van der Waals surface area contributed by atoms with Gasteiger partial charge < -0.3 is 19.5 Å². The number of nitrogens with zero attached hydrogens (tertiary/aromatic N) is 2. The molecule has 7 nitrogen and oxygen atoms in total. The molecule has 0 saturated carbocycles. The van der Waals surface area contributed by atoms with E-state index in [9.17, 15) is 13.6 Å². The van der Waals surface area contributed by atoms with E-state index in [0.29, 0.717) is 16.5 Å². The zero-order chi connectivity index (χ0) is 21.5. The van der Waals surface area contributed by atoms with Gasteiger partial charge >= 0.3 is 6.61 Å². The number of carbonyl (C=O) groups is 1. The molecule has 0 aliphatic rings. The molecule has 1 aromatic heterocycles. The number of hydrogen-bond acceptors (Lipinski definition) is 5.